The molecule has 7 aromatic carbocycles. The van der Waals surface area contributed by atoms with Crippen molar-refractivity contribution in [3.05, 3.63) is 173 Å². The summed E-state index contributed by atoms with van der Waals surface area (Å²) in [6.07, 6.45) is 6.28. The van der Waals surface area contributed by atoms with Crippen LogP contribution >= 0.6 is 0 Å². The van der Waals surface area contributed by atoms with E-state index in [1.807, 2.05) is 0 Å². The highest BCUT2D eigenvalue weighted by Gasteiger charge is 2.22. The molecule has 0 spiro atoms. The highest BCUT2D eigenvalue weighted by molar-refractivity contribution is 6.18. The van der Waals surface area contributed by atoms with Crippen LogP contribution in [0.4, 0.5) is 0 Å². The van der Waals surface area contributed by atoms with Crippen LogP contribution in [0.1, 0.15) is 40.4 Å². The van der Waals surface area contributed by atoms with E-state index in [1.54, 1.807) is 0 Å². The molecule has 1 aliphatic heterocycles. The molecule has 4 nitrogen and oxygen atoms in total. The van der Waals surface area contributed by atoms with Gasteiger partial charge in [-0.3, -0.25) is 0 Å². The number of allylic oxidation sites excluding steroid dienone is 1. The first kappa shape index (κ1) is 27.8. The number of benzene rings is 7. The lowest BCUT2D eigenvalue weighted by Crippen LogP contribution is -2.36. The molecule has 4 heteroatoms. The minimum absolute atomic E-state index is 0.400. The van der Waals surface area contributed by atoms with Crippen LogP contribution in [-0.4, -0.2) is 11.7 Å². The van der Waals surface area contributed by atoms with Crippen molar-refractivity contribution in [2.45, 2.75) is 19.0 Å². The Morgan fingerprint density at radius 3 is 2.04 bits per heavy atom. The molecule has 10 rings (SSSR count). The molecule has 0 saturated heterocycles. The van der Waals surface area contributed by atoms with Gasteiger partial charge < -0.3 is 9.73 Å². The van der Waals surface area contributed by atoms with Crippen molar-refractivity contribution in [2.75, 3.05) is 0 Å². The van der Waals surface area contributed by atoms with Gasteiger partial charge in [-0.05, 0) is 98.6 Å². The molecule has 8 aromatic rings. The fraction of sp³-hybridized carbons (Fsp3) is 0.0667. The number of rotatable bonds is 4. The smallest absolute Gasteiger partial charge is 0.169 e. The van der Waals surface area contributed by atoms with Crippen molar-refractivity contribution in [1.29, 1.82) is 0 Å². The van der Waals surface area contributed by atoms with Gasteiger partial charge in [-0.2, -0.15) is 0 Å². The number of hydrogen-bond donors (Lipinski definition) is 1. The van der Waals surface area contributed by atoms with Crippen molar-refractivity contribution in [2.24, 2.45) is 9.98 Å². The van der Waals surface area contributed by atoms with Crippen molar-refractivity contribution in [1.82, 2.24) is 5.32 Å². The molecular weight excluding hydrogens is 599 g/mol. The molecule has 1 aliphatic carbocycles. The summed E-state index contributed by atoms with van der Waals surface area (Å²) in [5.41, 5.74) is 9.91. The maximum Gasteiger partial charge on any atom is 0.169 e. The van der Waals surface area contributed by atoms with Crippen LogP contribution in [0.5, 0.6) is 0 Å². The van der Waals surface area contributed by atoms with Gasteiger partial charge in [-0.15, -0.1) is 0 Å². The molecule has 2 heterocycles. The molecule has 1 N–H and O–H groups in total. The second-order valence-corrected chi connectivity index (χ2v) is 13.0. The lowest BCUT2D eigenvalue weighted by molar-refractivity contribution is 0.669. The van der Waals surface area contributed by atoms with Gasteiger partial charge >= 0.3 is 0 Å². The van der Waals surface area contributed by atoms with Crippen molar-refractivity contribution in [3.8, 4) is 11.1 Å². The summed E-state index contributed by atoms with van der Waals surface area (Å²) in [4.78, 5) is 10.4. The Hall–Kier alpha value is -6.26. The molecule has 2 aliphatic rings. The Morgan fingerprint density at radius 2 is 1.20 bits per heavy atom. The zero-order valence-corrected chi connectivity index (χ0v) is 26.7. The molecule has 49 heavy (non-hydrogen) atoms. The number of hydrogen-bond acceptors (Lipinski definition) is 4. The van der Waals surface area contributed by atoms with Gasteiger partial charge in [0.2, 0.25) is 0 Å². The average Bonchev–Trinajstić information content (AvgIpc) is 3.54. The van der Waals surface area contributed by atoms with Crippen molar-refractivity contribution >= 4 is 61.2 Å². The van der Waals surface area contributed by atoms with Crippen LogP contribution in [0.15, 0.2) is 160 Å². The van der Waals surface area contributed by atoms with Gasteiger partial charge in [-0.1, -0.05) is 115 Å². The molecule has 1 unspecified atom stereocenters. The monoisotopic (exact) mass is 629 g/mol. The highest BCUT2D eigenvalue weighted by atomic mass is 16.3. The summed E-state index contributed by atoms with van der Waals surface area (Å²) in [6, 6.07) is 49.6. The Morgan fingerprint density at radius 1 is 0.531 bits per heavy atom. The van der Waals surface area contributed by atoms with E-state index in [1.165, 1.54) is 43.8 Å². The minimum atomic E-state index is -0.400. The normalized spacial score (nSPS) is 15.7. The summed E-state index contributed by atoms with van der Waals surface area (Å²) < 4.78 is 6.46. The summed E-state index contributed by atoms with van der Waals surface area (Å²) in [6.45, 7) is 0. The van der Waals surface area contributed by atoms with Crippen molar-refractivity contribution in [3.63, 3.8) is 0 Å². The first-order valence-corrected chi connectivity index (χ1v) is 16.9. The van der Waals surface area contributed by atoms with Gasteiger partial charge in [0.05, 0.1) is 0 Å². The van der Waals surface area contributed by atoms with E-state index in [9.17, 15) is 0 Å². The second kappa shape index (κ2) is 11.2. The Balaban J connectivity index is 1.06. The third-order valence-electron chi connectivity index (χ3n) is 9.93. The number of aliphatic imine (C=N–C) groups is 2. The number of fused-ring (bicyclic) bond motifs is 6. The van der Waals surface area contributed by atoms with Crippen molar-refractivity contribution < 1.29 is 4.42 Å². The van der Waals surface area contributed by atoms with Crippen LogP contribution in [0.25, 0.3) is 60.7 Å². The van der Waals surface area contributed by atoms with Crippen LogP contribution < -0.4 is 5.32 Å². The minimum Gasteiger partial charge on any atom is -0.456 e. The zero-order valence-electron chi connectivity index (χ0n) is 26.7. The van der Waals surface area contributed by atoms with E-state index >= 15 is 0 Å². The van der Waals surface area contributed by atoms with E-state index in [-0.39, 0.29) is 0 Å². The molecule has 0 fully saturated rings. The summed E-state index contributed by atoms with van der Waals surface area (Å²) in [7, 11) is 0. The first-order valence-electron chi connectivity index (χ1n) is 16.9. The molecule has 0 radical (unpaired) electrons. The zero-order chi connectivity index (χ0) is 32.3. The van der Waals surface area contributed by atoms with Gasteiger partial charge in [0.15, 0.2) is 6.17 Å². The van der Waals surface area contributed by atoms with Crippen LogP contribution in [0.3, 0.4) is 0 Å². The quantitative estimate of drug-likeness (QED) is 0.211. The van der Waals surface area contributed by atoms with Crippen LogP contribution in [0, 0.1) is 0 Å². The predicted molar refractivity (Wildman–Crippen MR) is 203 cm³/mol. The Kier molecular flexibility index (Phi) is 6.34. The first-order chi connectivity index (χ1) is 24.2. The number of nitrogens with one attached hydrogen (secondary N) is 1. The van der Waals surface area contributed by atoms with Gasteiger partial charge in [0, 0.05) is 21.9 Å². The van der Waals surface area contributed by atoms with E-state index in [0.717, 1.165) is 63.1 Å². The highest BCUT2D eigenvalue weighted by Crippen LogP contribution is 2.35. The number of furan rings is 1. The van der Waals surface area contributed by atoms with Crippen LogP contribution in [-0.2, 0) is 6.42 Å². The lowest BCUT2D eigenvalue weighted by Gasteiger charge is -2.23. The summed E-state index contributed by atoms with van der Waals surface area (Å²) in [5, 5.41) is 10.5. The number of nitrogens with zero attached hydrogens (tertiary/aromatic N) is 2. The third-order valence-corrected chi connectivity index (χ3v) is 9.93. The fourth-order valence-electron chi connectivity index (χ4n) is 7.32. The molecule has 1 aromatic heterocycles. The maximum absolute atomic E-state index is 6.46. The average molecular weight is 630 g/mol. The third kappa shape index (κ3) is 4.92. The van der Waals surface area contributed by atoms with E-state index < -0.39 is 6.17 Å². The second-order valence-electron chi connectivity index (χ2n) is 13.0. The Bertz CT molecular complexity index is 2710. The molecule has 232 valence electrons. The predicted octanol–water partition coefficient (Wildman–Crippen LogP) is 11.0. The summed E-state index contributed by atoms with van der Waals surface area (Å²) in [5.74, 6) is 1.56. The topological polar surface area (TPSA) is 49.9 Å². The van der Waals surface area contributed by atoms with Gasteiger partial charge in [0.25, 0.3) is 0 Å². The van der Waals surface area contributed by atoms with E-state index in [4.69, 9.17) is 14.4 Å². The van der Waals surface area contributed by atoms with E-state index in [2.05, 4.69) is 157 Å². The molecule has 1 atom stereocenters. The largest absolute Gasteiger partial charge is 0.456 e. The maximum atomic E-state index is 6.46. The van der Waals surface area contributed by atoms with Crippen LogP contribution in [0.2, 0.25) is 0 Å². The SMILES string of the molecule is C1=Cc2ccc(-c3ccc4oc5cc(C6=NC(c7ccc8ccccc8c7)N=C(c7ccc8ccccc8c7)N6)ccc5c4c3)cc2CC1. The summed E-state index contributed by atoms with van der Waals surface area (Å²) >= 11 is 0. The fourth-order valence-corrected chi connectivity index (χ4v) is 7.32. The molecule has 0 saturated carbocycles. The standard InChI is InChI=1S/C45H31N3O/c1-4-10-31-23-34(16-13-28(31)7-1)35-20-22-41-40(26-35)39-21-19-38(27-42(39)49-41)45-47-43(36-17-14-29-8-2-5-11-32(29)24-36)46-44(48-45)37-18-15-30-9-3-6-12-33(30)25-37/h1-3,5-9,11-27,43H,4,10H2,(H,46,47,48). The van der Waals surface area contributed by atoms with E-state index in [0.29, 0.717) is 0 Å². The molecular formula is C45H31N3O. The number of amidine groups is 2. The molecule has 0 bridgehead atoms. The molecule has 0 amide bonds. The number of aryl methyl sites for hydroxylation is 1. The van der Waals surface area contributed by atoms with Gasteiger partial charge in [-0.25, -0.2) is 9.98 Å². The lowest BCUT2D eigenvalue weighted by atomic mass is 9.93. The van der Waals surface area contributed by atoms with Gasteiger partial charge in [0.1, 0.15) is 22.8 Å². The Labute approximate surface area is 283 Å².